The van der Waals surface area contributed by atoms with Gasteiger partial charge in [0.1, 0.15) is 5.76 Å². The fourth-order valence-electron chi connectivity index (χ4n) is 2.45. The van der Waals surface area contributed by atoms with Gasteiger partial charge in [0.15, 0.2) is 0 Å². The lowest BCUT2D eigenvalue weighted by atomic mass is 10.1. The molecule has 3 aromatic rings. The van der Waals surface area contributed by atoms with E-state index in [9.17, 15) is 4.79 Å². The maximum atomic E-state index is 11.6. The van der Waals surface area contributed by atoms with Crippen molar-refractivity contribution >= 4 is 28.6 Å². The maximum absolute atomic E-state index is 11.6. The Balaban J connectivity index is 1.80. The Bertz CT molecular complexity index is 870. The zero-order valence-electron chi connectivity index (χ0n) is 13.3. The monoisotopic (exact) mass is 327 g/mol. The van der Waals surface area contributed by atoms with Gasteiger partial charge in [0.2, 0.25) is 5.76 Å². The van der Waals surface area contributed by atoms with Crippen LogP contribution >= 0.6 is 11.8 Å². The summed E-state index contributed by atoms with van der Waals surface area (Å²) < 4.78 is 10.3. The zero-order valence-corrected chi connectivity index (χ0v) is 14.1. The highest BCUT2D eigenvalue weighted by atomic mass is 32.2. The topological polar surface area (TPSA) is 52.3 Å². The third kappa shape index (κ3) is 3.24. The first-order valence-corrected chi connectivity index (χ1v) is 8.24. The Hall–Kier alpha value is -2.27. The number of nitrogens with zero attached hydrogens (tertiary/aromatic N) is 1. The fourth-order valence-corrected chi connectivity index (χ4v) is 3.31. The summed E-state index contributed by atoms with van der Waals surface area (Å²) in [7, 11) is 1.35. The van der Waals surface area contributed by atoms with Gasteiger partial charge in [-0.1, -0.05) is 30.0 Å². The van der Waals surface area contributed by atoms with E-state index >= 15 is 0 Å². The van der Waals surface area contributed by atoms with E-state index in [0.29, 0.717) is 5.75 Å². The Kier molecular flexibility index (Phi) is 4.39. The van der Waals surface area contributed by atoms with Crippen molar-refractivity contribution in [2.75, 3.05) is 7.11 Å². The summed E-state index contributed by atoms with van der Waals surface area (Å²) in [5.41, 5.74) is 2.97. The maximum Gasteiger partial charge on any atom is 0.374 e. The summed E-state index contributed by atoms with van der Waals surface area (Å²) in [6.07, 6.45) is 0. The zero-order chi connectivity index (χ0) is 16.4. The molecule has 4 nitrogen and oxygen atoms in total. The van der Waals surface area contributed by atoms with Gasteiger partial charge < -0.3 is 9.15 Å². The number of fused-ring (bicyclic) bond motifs is 1. The van der Waals surface area contributed by atoms with Crippen molar-refractivity contribution in [2.45, 2.75) is 24.6 Å². The second kappa shape index (κ2) is 6.46. The van der Waals surface area contributed by atoms with Gasteiger partial charge in [0.05, 0.1) is 23.4 Å². The number of para-hydroxylation sites is 1. The predicted octanol–water partition coefficient (Wildman–Crippen LogP) is 4.52. The Morgan fingerprint density at radius 2 is 2.00 bits per heavy atom. The molecule has 0 saturated carbocycles. The molecule has 0 aliphatic heterocycles. The second-order valence-electron chi connectivity index (χ2n) is 5.30. The molecule has 23 heavy (non-hydrogen) atoms. The molecular formula is C18H17NO3S. The number of carbonyl (C=O) groups is 1. The number of aromatic nitrogens is 1. The summed E-state index contributed by atoms with van der Waals surface area (Å²) in [5, 5.41) is 2.11. The molecule has 0 aliphatic carbocycles. The van der Waals surface area contributed by atoms with Crippen molar-refractivity contribution in [2.24, 2.45) is 0 Å². The van der Waals surface area contributed by atoms with Gasteiger partial charge in [0.25, 0.3) is 0 Å². The number of hydrogen-bond donors (Lipinski definition) is 0. The largest absolute Gasteiger partial charge is 0.463 e. The number of rotatable bonds is 4. The molecule has 3 rings (SSSR count). The lowest BCUT2D eigenvalue weighted by molar-refractivity contribution is 0.0562. The van der Waals surface area contributed by atoms with Gasteiger partial charge in [-0.05, 0) is 37.6 Å². The van der Waals surface area contributed by atoms with Gasteiger partial charge in [-0.25, -0.2) is 9.78 Å². The van der Waals surface area contributed by atoms with E-state index in [2.05, 4.69) is 24.0 Å². The number of aryl methyl sites for hydroxylation is 2. The average Bonchev–Trinajstić information content (AvgIpc) is 2.93. The van der Waals surface area contributed by atoms with Crippen molar-refractivity contribution in [3.63, 3.8) is 0 Å². The second-order valence-corrected chi connectivity index (χ2v) is 6.30. The summed E-state index contributed by atoms with van der Waals surface area (Å²) in [6.45, 7) is 3.92. The van der Waals surface area contributed by atoms with Crippen molar-refractivity contribution in [1.29, 1.82) is 0 Å². The molecule has 0 aliphatic rings. The van der Waals surface area contributed by atoms with Crippen LogP contribution in [0.5, 0.6) is 0 Å². The normalized spacial score (nSPS) is 10.9. The van der Waals surface area contributed by atoms with Crippen LogP contribution in [0.3, 0.4) is 0 Å². The molecule has 5 heteroatoms. The molecule has 0 radical (unpaired) electrons. The van der Waals surface area contributed by atoms with Crippen LogP contribution in [0.4, 0.5) is 0 Å². The van der Waals surface area contributed by atoms with Crippen LogP contribution in [0.15, 0.2) is 45.8 Å². The van der Waals surface area contributed by atoms with Crippen LogP contribution in [0.2, 0.25) is 0 Å². The molecule has 2 heterocycles. The van der Waals surface area contributed by atoms with Crippen molar-refractivity contribution in [3.05, 3.63) is 59.0 Å². The molecule has 1 aromatic carbocycles. The third-order valence-corrected chi connectivity index (χ3v) is 4.54. The standard InChI is InChI=1S/C18H17NO3S/c1-11-9-16(19-15-7-5-4-6-14(11)15)23-10-13-8-12(2)17(22-13)18(20)21-3/h4-9H,10H2,1-3H3. The highest BCUT2D eigenvalue weighted by molar-refractivity contribution is 7.98. The Labute approximate surface area is 138 Å². The number of benzene rings is 1. The number of ether oxygens (including phenoxy) is 1. The van der Waals surface area contributed by atoms with Crippen molar-refractivity contribution < 1.29 is 13.9 Å². The molecule has 0 amide bonds. The number of furan rings is 1. The SMILES string of the molecule is COC(=O)c1oc(CSc2cc(C)c3ccccc3n2)cc1C. The number of pyridine rings is 1. The van der Waals surface area contributed by atoms with Crippen LogP contribution in [0.1, 0.15) is 27.4 Å². The van der Waals surface area contributed by atoms with E-state index in [1.165, 1.54) is 18.1 Å². The molecule has 0 N–H and O–H groups in total. The molecule has 118 valence electrons. The number of hydrogen-bond acceptors (Lipinski definition) is 5. The molecule has 2 aromatic heterocycles. The van der Waals surface area contributed by atoms with Gasteiger partial charge >= 0.3 is 5.97 Å². The number of esters is 1. The summed E-state index contributed by atoms with van der Waals surface area (Å²) >= 11 is 1.59. The molecule has 0 atom stereocenters. The minimum atomic E-state index is -0.446. The highest BCUT2D eigenvalue weighted by Gasteiger charge is 2.16. The summed E-state index contributed by atoms with van der Waals surface area (Å²) in [5.74, 6) is 1.17. The molecule has 0 bridgehead atoms. The molecule has 0 fully saturated rings. The van der Waals surface area contributed by atoms with Crippen molar-refractivity contribution in [1.82, 2.24) is 4.98 Å². The minimum Gasteiger partial charge on any atom is -0.463 e. The van der Waals surface area contributed by atoms with Crippen LogP contribution in [0, 0.1) is 13.8 Å². The first-order valence-electron chi connectivity index (χ1n) is 7.25. The van der Waals surface area contributed by atoms with Crippen LogP contribution in [-0.4, -0.2) is 18.1 Å². The van der Waals surface area contributed by atoms with E-state index in [0.717, 1.165) is 21.9 Å². The molecular weight excluding hydrogens is 310 g/mol. The summed E-state index contributed by atoms with van der Waals surface area (Å²) in [6, 6.07) is 12.0. The van der Waals surface area contributed by atoms with Crippen LogP contribution in [-0.2, 0) is 10.5 Å². The smallest absolute Gasteiger partial charge is 0.374 e. The first kappa shape index (κ1) is 15.6. The molecule has 0 spiro atoms. The number of thioether (sulfide) groups is 1. The van der Waals surface area contributed by atoms with E-state index in [4.69, 9.17) is 9.15 Å². The quantitative estimate of drug-likeness (QED) is 0.521. The fraction of sp³-hybridized carbons (Fsp3) is 0.222. The average molecular weight is 327 g/mol. The molecule has 0 saturated heterocycles. The van der Waals surface area contributed by atoms with E-state index < -0.39 is 5.97 Å². The van der Waals surface area contributed by atoms with Crippen LogP contribution < -0.4 is 0 Å². The number of methoxy groups -OCH3 is 1. The van der Waals surface area contributed by atoms with Gasteiger partial charge in [-0.2, -0.15) is 0 Å². The third-order valence-electron chi connectivity index (χ3n) is 3.60. The highest BCUT2D eigenvalue weighted by Crippen LogP contribution is 2.27. The predicted molar refractivity (Wildman–Crippen MR) is 90.8 cm³/mol. The Morgan fingerprint density at radius 1 is 1.22 bits per heavy atom. The van der Waals surface area contributed by atoms with Gasteiger partial charge in [0, 0.05) is 10.9 Å². The lowest BCUT2D eigenvalue weighted by Gasteiger charge is -2.05. The minimum absolute atomic E-state index is 0.269. The number of carbonyl (C=O) groups excluding carboxylic acids is 1. The van der Waals surface area contributed by atoms with Crippen molar-refractivity contribution in [3.8, 4) is 0 Å². The van der Waals surface area contributed by atoms with E-state index in [1.807, 2.05) is 31.2 Å². The van der Waals surface area contributed by atoms with Gasteiger partial charge in [-0.15, -0.1) is 0 Å². The first-order chi connectivity index (χ1) is 11.1. The summed E-state index contributed by atoms with van der Waals surface area (Å²) in [4.78, 5) is 16.2. The van der Waals surface area contributed by atoms with Crippen LogP contribution in [0.25, 0.3) is 10.9 Å². The van der Waals surface area contributed by atoms with E-state index in [-0.39, 0.29) is 5.76 Å². The molecule has 0 unspecified atom stereocenters. The Morgan fingerprint density at radius 3 is 2.78 bits per heavy atom. The van der Waals surface area contributed by atoms with E-state index in [1.54, 1.807) is 11.8 Å². The lowest BCUT2D eigenvalue weighted by Crippen LogP contribution is -2.00. The van der Waals surface area contributed by atoms with Gasteiger partial charge in [-0.3, -0.25) is 0 Å².